The molecule has 0 saturated carbocycles. The molecule has 0 spiro atoms. The first-order valence-corrected chi connectivity index (χ1v) is 7.92. The van der Waals surface area contributed by atoms with Crippen LogP contribution in [0.25, 0.3) is 0 Å². The van der Waals surface area contributed by atoms with Gasteiger partial charge < -0.3 is 29.9 Å². The van der Waals surface area contributed by atoms with Crippen molar-refractivity contribution in [2.75, 3.05) is 26.4 Å². The number of hydrogen-bond donors (Lipinski definition) is 4. The highest BCUT2D eigenvalue weighted by molar-refractivity contribution is 5.62. The van der Waals surface area contributed by atoms with Gasteiger partial charge in [0.25, 0.3) is 5.97 Å². The first-order chi connectivity index (χ1) is 10.5. The van der Waals surface area contributed by atoms with Crippen molar-refractivity contribution in [3.05, 3.63) is 0 Å². The summed E-state index contributed by atoms with van der Waals surface area (Å²) < 4.78 is 10.1. The topological polar surface area (TPSA) is 116 Å². The summed E-state index contributed by atoms with van der Waals surface area (Å²) in [5, 5.41) is 34.0. The minimum atomic E-state index is -0.833. The number of aliphatic hydroxyl groups excluding tert-OH is 2. The van der Waals surface area contributed by atoms with Crippen LogP contribution in [0.2, 0.25) is 0 Å². The highest BCUT2D eigenvalue weighted by Gasteiger charge is 2.16. The Balaban J connectivity index is -0.000000284. The third-order valence-corrected chi connectivity index (χ3v) is 2.40. The Hall–Kier alpha value is -0.730. The van der Waals surface area contributed by atoms with Crippen LogP contribution < -0.4 is 0 Å². The quantitative estimate of drug-likeness (QED) is 0.469. The van der Waals surface area contributed by atoms with Crippen LogP contribution >= 0.6 is 0 Å². The average Bonchev–Trinajstić information content (AvgIpc) is 2.45. The predicted molar refractivity (Wildman–Crippen MR) is 89.5 cm³/mol. The molecule has 0 bridgehead atoms. The van der Waals surface area contributed by atoms with E-state index < -0.39 is 17.7 Å². The minimum Gasteiger partial charge on any atom is -0.481 e. The first-order valence-electron chi connectivity index (χ1n) is 7.92. The zero-order chi connectivity index (χ0) is 18.9. The molecule has 0 rings (SSSR count). The fourth-order valence-corrected chi connectivity index (χ4v) is 0.895. The third kappa shape index (κ3) is 33.9. The van der Waals surface area contributed by atoms with Crippen molar-refractivity contribution >= 4 is 5.97 Å². The van der Waals surface area contributed by atoms with Crippen LogP contribution in [0.1, 0.15) is 54.4 Å². The fraction of sp³-hybridized carbons (Fsp3) is 0.938. The molecule has 3 unspecified atom stereocenters. The van der Waals surface area contributed by atoms with Crippen LogP contribution in [0.4, 0.5) is 0 Å². The van der Waals surface area contributed by atoms with Crippen molar-refractivity contribution in [2.24, 2.45) is 0 Å². The van der Waals surface area contributed by atoms with Gasteiger partial charge in [0.2, 0.25) is 0 Å². The Morgan fingerprint density at radius 1 is 1.26 bits per heavy atom. The van der Waals surface area contributed by atoms with Crippen LogP contribution in [0, 0.1) is 0 Å². The highest BCUT2D eigenvalue weighted by atomic mass is 16.5. The molecule has 0 radical (unpaired) electrons. The summed E-state index contributed by atoms with van der Waals surface area (Å²) in [5.41, 5.74) is -0.630. The number of aliphatic carboxylic acids is 1. The Morgan fingerprint density at radius 2 is 1.74 bits per heavy atom. The van der Waals surface area contributed by atoms with E-state index in [9.17, 15) is 5.11 Å². The standard InChI is InChI=1S/C8H18O2.C6H14O3.C2H4O2/c1-4-6-10-7-8(3,9)5-2;1-5(8)4-9-6(2)3-7;1-2(3)4/h9H,4-7H2,1-3H3;5-8H,3-4H2,1-2H3;1H3,(H,3,4). The maximum atomic E-state index is 9.42. The Morgan fingerprint density at radius 3 is 2.04 bits per heavy atom. The Labute approximate surface area is 140 Å². The van der Waals surface area contributed by atoms with Crippen molar-refractivity contribution in [1.29, 1.82) is 0 Å². The molecule has 0 aromatic heterocycles. The molecule has 4 N–H and O–H groups in total. The van der Waals surface area contributed by atoms with Gasteiger partial charge in [0.05, 0.1) is 37.6 Å². The Bertz CT molecular complexity index is 251. The molecule has 0 fully saturated rings. The van der Waals surface area contributed by atoms with Gasteiger partial charge in [-0.2, -0.15) is 0 Å². The number of carboxylic acid groups (broad SMARTS) is 1. The SMILES string of the molecule is CC(=O)O.CC(O)COC(C)CO.CCCOCC(C)(O)CC. The maximum absolute atomic E-state index is 9.42. The van der Waals surface area contributed by atoms with E-state index in [-0.39, 0.29) is 12.7 Å². The number of aliphatic hydroxyl groups is 3. The summed E-state index contributed by atoms with van der Waals surface area (Å²) >= 11 is 0. The molecular weight excluding hydrogens is 304 g/mol. The second kappa shape index (κ2) is 17.6. The second-order valence-electron chi connectivity index (χ2n) is 5.60. The summed E-state index contributed by atoms with van der Waals surface area (Å²) in [6.07, 6.45) is 1.15. The van der Waals surface area contributed by atoms with Crippen LogP contribution in [-0.4, -0.2) is 70.6 Å². The minimum absolute atomic E-state index is 0.00667. The summed E-state index contributed by atoms with van der Waals surface area (Å²) in [4.78, 5) is 9.00. The molecule has 0 aromatic rings. The molecule has 0 aliphatic rings. The number of carboxylic acids is 1. The Kier molecular flexibility index (Phi) is 20.8. The lowest BCUT2D eigenvalue weighted by Crippen LogP contribution is -2.29. The highest BCUT2D eigenvalue weighted by Crippen LogP contribution is 2.08. The lowest BCUT2D eigenvalue weighted by molar-refractivity contribution is -0.134. The van der Waals surface area contributed by atoms with Crippen LogP contribution in [0.3, 0.4) is 0 Å². The molecule has 0 aliphatic heterocycles. The molecule has 0 saturated heterocycles. The van der Waals surface area contributed by atoms with Gasteiger partial charge in [0, 0.05) is 13.5 Å². The maximum Gasteiger partial charge on any atom is 0.300 e. The summed E-state index contributed by atoms with van der Waals surface area (Å²) in [5.74, 6) is -0.833. The van der Waals surface area contributed by atoms with Crippen LogP contribution in [-0.2, 0) is 14.3 Å². The number of carbonyl (C=O) groups is 1. The zero-order valence-corrected chi connectivity index (χ0v) is 15.4. The molecule has 0 amide bonds. The van der Waals surface area contributed by atoms with Crippen molar-refractivity contribution in [3.63, 3.8) is 0 Å². The van der Waals surface area contributed by atoms with Gasteiger partial charge in [-0.25, -0.2) is 0 Å². The monoisotopic (exact) mass is 340 g/mol. The molecule has 23 heavy (non-hydrogen) atoms. The van der Waals surface area contributed by atoms with Gasteiger partial charge in [-0.15, -0.1) is 0 Å². The van der Waals surface area contributed by atoms with Gasteiger partial charge >= 0.3 is 0 Å². The van der Waals surface area contributed by atoms with Gasteiger partial charge in [-0.05, 0) is 33.6 Å². The second-order valence-corrected chi connectivity index (χ2v) is 5.60. The lowest BCUT2D eigenvalue weighted by Gasteiger charge is -2.20. The summed E-state index contributed by atoms with van der Waals surface area (Å²) in [6, 6.07) is 0. The number of hydrogen-bond acceptors (Lipinski definition) is 6. The number of rotatable bonds is 9. The van der Waals surface area contributed by atoms with E-state index in [0.717, 1.165) is 26.4 Å². The lowest BCUT2D eigenvalue weighted by atomic mass is 10.1. The van der Waals surface area contributed by atoms with Gasteiger partial charge in [-0.3, -0.25) is 4.79 Å². The molecule has 142 valence electrons. The van der Waals surface area contributed by atoms with Crippen molar-refractivity contribution in [3.8, 4) is 0 Å². The van der Waals surface area contributed by atoms with E-state index in [0.29, 0.717) is 13.2 Å². The predicted octanol–water partition coefficient (Wildman–Crippen LogP) is 1.43. The van der Waals surface area contributed by atoms with Crippen molar-refractivity contribution < 1.29 is 34.7 Å². The zero-order valence-electron chi connectivity index (χ0n) is 15.4. The van der Waals surface area contributed by atoms with E-state index in [2.05, 4.69) is 6.92 Å². The van der Waals surface area contributed by atoms with Crippen LogP contribution in [0.5, 0.6) is 0 Å². The van der Waals surface area contributed by atoms with Crippen molar-refractivity contribution in [1.82, 2.24) is 0 Å². The molecule has 7 nitrogen and oxygen atoms in total. The van der Waals surface area contributed by atoms with E-state index in [1.807, 2.05) is 6.92 Å². The first kappa shape index (κ1) is 27.1. The van der Waals surface area contributed by atoms with E-state index in [4.69, 9.17) is 29.6 Å². The van der Waals surface area contributed by atoms with Gasteiger partial charge in [0.1, 0.15) is 0 Å². The molecule has 0 heterocycles. The molecular formula is C16H36O7. The smallest absolute Gasteiger partial charge is 0.300 e. The summed E-state index contributed by atoms with van der Waals surface area (Å²) in [6.45, 7) is 11.8. The molecule has 3 atom stereocenters. The molecule has 0 aromatic carbocycles. The average molecular weight is 340 g/mol. The van der Waals surface area contributed by atoms with E-state index in [1.54, 1.807) is 20.8 Å². The number of ether oxygens (including phenoxy) is 2. The molecule has 7 heteroatoms. The normalized spacial score (nSPS) is 15.2. The van der Waals surface area contributed by atoms with E-state index in [1.165, 1.54) is 0 Å². The molecule has 0 aliphatic carbocycles. The summed E-state index contributed by atoms with van der Waals surface area (Å²) in [7, 11) is 0. The van der Waals surface area contributed by atoms with Gasteiger partial charge in [-0.1, -0.05) is 13.8 Å². The van der Waals surface area contributed by atoms with E-state index >= 15 is 0 Å². The van der Waals surface area contributed by atoms with Crippen LogP contribution in [0.15, 0.2) is 0 Å². The fourth-order valence-electron chi connectivity index (χ4n) is 0.895. The van der Waals surface area contributed by atoms with Crippen molar-refractivity contribution in [2.45, 2.75) is 72.2 Å². The largest absolute Gasteiger partial charge is 0.481 e. The van der Waals surface area contributed by atoms with Gasteiger partial charge in [0.15, 0.2) is 0 Å². The third-order valence-electron chi connectivity index (χ3n) is 2.40.